The third kappa shape index (κ3) is 3.79. The molecule has 20 heavy (non-hydrogen) atoms. The number of esters is 1. The predicted molar refractivity (Wildman–Crippen MR) is 71.8 cm³/mol. The minimum atomic E-state index is -0.396. The van der Waals surface area contributed by atoms with Gasteiger partial charge in [-0.3, -0.25) is 4.79 Å². The van der Waals surface area contributed by atoms with Crippen LogP contribution in [0.3, 0.4) is 0 Å². The van der Waals surface area contributed by atoms with Crippen LogP contribution in [0.15, 0.2) is 0 Å². The molecule has 0 saturated carbocycles. The van der Waals surface area contributed by atoms with Crippen molar-refractivity contribution < 1.29 is 19.0 Å². The summed E-state index contributed by atoms with van der Waals surface area (Å²) in [5.74, 6) is -0.687. The van der Waals surface area contributed by atoms with Gasteiger partial charge in [-0.1, -0.05) is 34.1 Å². The molecule has 1 aromatic heterocycles. The van der Waals surface area contributed by atoms with Crippen LogP contribution >= 0.6 is 0 Å². The summed E-state index contributed by atoms with van der Waals surface area (Å²) in [6, 6.07) is -0.0680. The second kappa shape index (κ2) is 6.49. The van der Waals surface area contributed by atoms with Crippen LogP contribution in [0.2, 0.25) is 0 Å². The number of hydrogen-bond acceptors (Lipinski definition) is 7. The molecular formula is C13H21N3O4. The van der Waals surface area contributed by atoms with Gasteiger partial charge in [-0.15, -0.1) is 15.0 Å². The first-order valence-electron chi connectivity index (χ1n) is 6.39. The Balaban J connectivity index is 2.90. The lowest BCUT2D eigenvalue weighted by atomic mass is 9.78. The Labute approximate surface area is 118 Å². The molecule has 1 rings (SSSR count). The van der Waals surface area contributed by atoms with Crippen molar-refractivity contribution in [3.8, 4) is 18.0 Å². The van der Waals surface area contributed by atoms with E-state index in [0.717, 1.165) is 6.42 Å². The molecule has 0 radical (unpaired) electrons. The standard InChI is InChI=1S/C13H21N3O4/c1-7-13(3,4)8(2)9(17)20-12-15-10(18-5)14-11(16-12)19-6/h8H,7H2,1-6H3. The fourth-order valence-corrected chi connectivity index (χ4v) is 1.35. The average molecular weight is 283 g/mol. The Morgan fingerprint density at radius 2 is 1.55 bits per heavy atom. The van der Waals surface area contributed by atoms with Crippen LogP contribution in [0.4, 0.5) is 0 Å². The summed E-state index contributed by atoms with van der Waals surface area (Å²) >= 11 is 0. The van der Waals surface area contributed by atoms with Crippen LogP contribution in [0.5, 0.6) is 18.0 Å². The number of carbonyl (C=O) groups excluding carboxylic acids is 1. The van der Waals surface area contributed by atoms with E-state index in [1.54, 1.807) is 0 Å². The lowest BCUT2D eigenvalue weighted by Crippen LogP contribution is -2.31. The SMILES string of the molecule is CCC(C)(C)C(C)C(=O)Oc1nc(OC)nc(OC)n1. The molecule has 0 aromatic carbocycles. The van der Waals surface area contributed by atoms with Gasteiger partial charge in [-0.25, -0.2) is 0 Å². The summed E-state index contributed by atoms with van der Waals surface area (Å²) in [6.07, 6.45) is 0.854. The van der Waals surface area contributed by atoms with Gasteiger partial charge in [0.25, 0.3) is 0 Å². The first kappa shape index (κ1) is 16.1. The third-order valence-electron chi connectivity index (χ3n) is 3.57. The quantitative estimate of drug-likeness (QED) is 0.737. The Morgan fingerprint density at radius 1 is 1.10 bits per heavy atom. The van der Waals surface area contributed by atoms with Crippen molar-refractivity contribution in [2.45, 2.75) is 34.1 Å². The second-order valence-electron chi connectivity index (χ2n) is 5.08. The summed E-state index contributed by atoms with van der Waals surface area (Å²) in [5, 5.41) is 0. The molecule has 1 unspecified atom stereocenters. The number of ether oxygens (including phenoxy) is 3. The molecule has 0 N–H and O–H groups in total. The summed E-state index contributed by atoms with van der Waals surface area (Å²) in [6.45, 7) is 7.86. The van der Waals surface area contributed by atoms with Crippen molar-refractivity contribution in [1.82, 2.24) is 15.0 Å². The van der Waals surface area contributed by atoms with Crippen molar-refractivity contribution in [3.05, 3.63) is 0 Å². The smallest absolute Gasteiger partial charge is 0.333 e. The topological polar surface area (TPSA) is 83.4 Å². The number of methoxy groups -OCH3 is 2. The highest BCUT2D eigenvalue weighted by atomic mass is 16.6. The van der Waals surface area contributed by atoms with E-state index in [0.29, 0.717) is 0 Å². The van der Waals surface area contributed by atoms with Gasteiger partial charge in [0, 0.05) is 0 Å². The molecule has 0 aliphatic rings. The maximum atomic E-state index is 12.1. The average Bonchev–Trinajstić information content (AvgIpc) is 2.45. The third-order valence-corrected chi connectivity index (χ3v) is 3.57. The van der Waals surface area contributed by atoms with Gasteiger partial charge in [0.1, 0.15) is 0 Å². The predicted octanol–water partition coefficient (Wildman–Crippen LogP) is 1.87. The minimum Gasteiger partial charge on any atom is -0.467 e. The molecule has 1 atom stereocenters. The van der Waals surface area contributed by atoms with E-state index in [-0.39, 0.29) is 29.4 Å². The molecule has 0 bridgehead atoms. The van der Waals surface area contributed by atoms with Crippen molar-refractivity contribution >= 4 is 5.97 Å². The van der Waals surface area contributed by atoms with Crippen LogP contribution in [-0.2, 0) is 4.79 Å². The number of nitrogens with zero attached hydrogens (tertiary/aromatic N) is 3. The summed E-state index contributed by atoms with van der Waals surface area (Å²) in [4.78, 5) is 23.7. The van der Waals surface area contributed by atoms with E-state index in [9.17, 15) is 4.79 Å². The maximum Gasteiger partial charge on any atom is 0.333 e. The largest absolute Gasteiger partial charge is 0.467 e. The van der Waals surface area contributed by atoms with E-state index in [1.807, 2.05) is 27.7 Å². The number of aromatic nitrogens is 3. The van der Waals surface area contributed by atoms with Gasteiger partial charge in [0.2, 0.25) is 0 Å². The molecule has 1 aromatic rings. The zero-order valence-corrected chi connectivity index (χ0v) is 12.8. The molecule has 7 nitrogen and oxygen atoms in total. The number of carbonyl (C=O) groups is 1. The van der Waals surface area contributed by atoms with Gasteiger partial charge in [0.05, 0.1) is 20.1 Å². The Bertz CT molecular complexity index is 454. The second-order valence-corrected chi connectivity index (χ2v) is 5.08. The van der Waals surface area contributed by atoms with E-state index in [2.05, 4.69) is 15.0 Å². The van der Waals surface area contributed by atoms with Crippen molar-refractivity contribution in [3.63, 3.8) is 0 Å². The zero-order chi connectivity index (χ0) is 15.3. The first-order valence-corrected chi connectivity index (χ1v) is 6.39. The normalized spacial score (nSPS) is 12.7. The monoisotopic (exact) mass is 283 g/mol. The Morgan fingerprint density at radius 3 is 1.95 bits per heavy atom. The fourth-order valence-electron chi connectivity index (χ4n) is 1.35. The van der Waals surface area contributed by atoms with E-state index >= 15 is 0 Å². The van der Waals surface area contributed by atoms with E-state index in [4.69, 9.17) is 14.2 Å². The van der Waals surface area contributed by atoms with Gasteiger partial charge in [-0.05, 0) is 5.41 Å². The van der Waals surface area contributed by atoms with Gasteiger partial charge < -0.3 is 14.2 Å². The maximum absolute atomic E-state index is 12.1. The molecule has 0 saturated heterocycles. The van der Waals surface area contributed by atoms with Crippen LogP contribution in [0, 0.1) is 11.3 Å². The lowest BCUT2D eigenvalue weighted by Gasteiger charge is -2.28. The number of hydrogen-bond donors (Lipinski definition) is 0. The van der Waals surface area contributed by atoms with Crippen LogP contribution < -0.4 is 14.2 Å². The molecule has 0 aliphatic carbocycles. The molecule has 0 aliphatic heterocycles. The molecule has 0 fully saturated rings. The highest BCUT2D eigenvalue weighted by Crippen LogP contribution is 2.31. The van der Waals surface area contributed by atoms with Crippen LogP contribution in [-0.4, -0.2) is 35.1 Å². The summed E-state index contributed by atoms with van der Waals surface area (Å²) in [7, 11) is 2.81. The van der Waals surface area contributed by atoms with Crippen molar-refractivity contribution in [2.24, 2.45) is 11.3 Å². The van der Waals surface area contributed by atoms with Crippen molar-refractivity contribution in [2.75, 3.05) is 14.2 Å². The molecule has 1 heterocycles. The zero-order valence-electron chi connectivity index (χ0n) is 12.8. The highest BCUT2D eigenvalue weighted by Gasteiger charge is 2.32. The molecule has 112 valence electrons. The molecule has 0 amide bonds. The van der Waals surface area contributed by atoms with Gasteiger partial charge in [0.15, 0.2) is 0 Å². The highest BCUT2D eigenvalue weighted by molar-refractivity contribution is 5.74. The first-order chi connectivity index (χ1) is 9.33. The lowest BCUT2D eigenvalue weighted by molar-refractivity contribution is -0.142. The fraction of sp³-hybridized carbons (Fsp3) is 0.692. The Hall–Kier alpha value is -1.92. The summed E-state index contributed by atoms with van der Waals surface area (Å²) in [5.41, 5.74) is -0.168. The summed E-state index contributed by atoms with van der Waals surface area (Å²) < 4.78 is 15.0. The van der Waals surface area contributed by atoms with E-state index < -0.39 is 5.97 Å². The van der Waals surface area contributed by atoms with Gasteiger partial charge >= 0.3 is 24.0 Å². The molecular weight excluding hydrogens is 262 g/mol. The Kier molecular flexibility index (Phi) is 5.24. The molecule has 0 spiro atoms. The van der Waals surface area contributed by atoms with E-state index in [1.165, 1.54) is 14.2 Å². The van der Waals surface area contributed by atoms with Crippen LogP contribution in [0.25, 0.3) is 0 Å². The minimum absolute atomic E-state index is 0.0297. The number of rotatable bonds is 6. The van der Waals surface area contributed by atoms with Gasteiger partial charge in [-0.2, -0.15) is 0 Å². The van der Waals surface area contributed by atoms with Crippen molar-refractivity contribution in [1.29, 1.82) is 0 Å². The van der Waals surface area contributed by atoms with Crippen LogP contribution in [0.1, 0.15) is 34.1 Å². The molecule has 7 heteroatoms.